The standard InChI is InChI=1S/C44H47F6N5O2/c1-2-57-22-21-55-40-16-10-9-15-39(40)52-42(55)51-35-17-19-53(37(28-35)23-30-11-5-3-6-12-30)36-18-20-54(38(29-36)24-31-13-7-4-8-14-31)41(56)32-25-33(43(45,46)47)27-34(26-32)44(48,49)50/h3-16,25-27,35-38H,2,17-24,28-29H2,1H3,(H,51,52)/t35?,36?,37?,38-/m0/s1. The van der Waals surface area contributed by atoms with Gasteiger partial charge in [0, 0.05) is 56.0 Å². The minimum atomic E-state index is -5.06. The van der Waals surface area contributed by atoms with Crippen LogP contribution in [-0.4, -0.2) is 75.7 Å². The van der Waals surface area contributed by atoms with E-state index >= 15 is 0 Å². The fourth-order valence-electron chi connectivity index (χ4n) is 8.58. The first-order valence-corrected chi connectivity index (χ1v) is 19.6. The number of likely N-dealkylation sites (tertiary alicyclic amines) is 2. The molecule has 4 aromatic carbocycles. The molecule has 0 bridgehead atoms. The van der Waals surface area contributed by atoms with E-state index in [2.05, 4.69) is 33.0 Å². The number of nitrogens with one attached hydrogen (secondary N) is 1. The minimum Gasteiger partial charge on any atom is -0.380 e. The third-order valence-electron chi connectivity index (χ3n) is 11.3. The first-order valence-electron chi connectivity index (χ1n) is 19.6. The minimum absolute atomic E-state index is 0.0282. The van der Waals surface area contributed by atoms with E-state index in [0.29, 0.717) is 51.2 Å². The summed E-state index contributed by atoms with van der Waals surface area (Å²) in [6, 6.07) is 28.7. The van der Waals surface area contributed by atoms with Gasteiger partial charge in [0.25, 0.3) is 5.91 Å². The maximum absolute atomic E-state index is 14.1. The molecule has 2 aliphatic heterocycles. The molecule has 2 aliphatic rings. The highest BCUT2D eigenvalue weighted by atomic mass is 19.4. The van der Waals surface area contributed by atoms with Crippen LogP contribution in [0, 0.1) is 0 Å². The Balaban J connectivity index is 1.15. The molecule has 4 atom stereocenters. The summed E-state index contributed by atoms with van der Waals surface area (Å²) in [5.74, 6) is -0.0345. The summed E-state index contributed by atoms with van der Waals surface area (Å²) in [6.07, 6.45) is -6.24. The Morgan fingerprint density at radius 2 is 1.39 bits per heavy atom. The molecule has 1 N–H and O–H groups in total. The Labute approximate surface area is 328 Å². The van der Waals surface area contributed by atoms with Gasteiger partial charge < -0.3 is 19.5 Å². The van der Waals surface area contributed by atoms with Crippen LogP contribution in [0.4, 0.5) is 32.3 Å². The maximum Gasteiger partial charge on any atom is 0.416 e. The van der Waals surface area contributed by atoms with E-state index in [1.807, 2.05) is 73.7 Å². The van der Waals surface area contributed by atoms with E-state index in [-0.39, 0.29) is 30.7 Å². The number of aromatic nitrogens is 2. The molecule has 7 nitrogen and oxygen atoms in total. The lowest BCUT2D eigenvalue weighted by molar-refractivity contribution is -0.143. The molecule has 5 aromatic rings. The Morgan fingerprint density at radius 3 is 2.02 bits per heavy atom. The lowest BCUT2D eigenvalue weighted by Crippen LogP contribution is -2.58. The molecule has 3 heterocycles. The lowest BCUT2D eigenvalue weighted by Gasteiger charge is -2.49. The molecular weight excluding hydrogens is 745 g/mol. The number of rotatable bonds is 12. The molecule has 0 saturated carbocycles. The number of fused-ring (bicyclic) bond motifs is 1. The normalized spacial score (nSPS) is 20.9. The third-order valence-corrected chi connectivity index (χ3v) is 11.3. The van der Waals surface area contributed by atoms with Crippen LogP contribution < -0.4 is 5.32 Å². The van der Waals surface area contributed by atoms with Gasteiger partial charge in [-0.05, 0) is 86.9 Å². The fourth-order valence-corrected chi connectivity index (χ4v) is 8.58. The molecule has 2 fully saturated rings. The smallest absolute Gasteiger partial charge is 0.380 e. The number of anilines is 1. The average molecular weight is 792 g/mol. The van der Waals surface area contributed by atoms with Crippen molar-refractivity contribution in [2.24, 2.45) is 0 Å². The average Bonchev–Trinajstić information content (AvgIpc) is 3.54. The van der Waals surface area contributed by atoms with Gasteiger partial charge in [-0.3, -0.25) is 9.69 Å². The van der Waals surface area contributed by atoms with E-state index in [1.165, 1.54) is 10.5 Å². The van der Waals surface area contributed by atoms with Gasteiger partial charge in [-0.15, -0.1) is 0 Å². The molecule has 1 amide bonds. The number of piperidine rings is 2. The highest BCUT2D eigenvalue weighted by Gasteiger charge is 2.42. The number of alkyl halides is 6. The van der Waals surface area contributed by atoms with Gasteiger partial charge >= 0.3 is 12.4 Å². The van der Waals surface area contributed by atoms with Crippen LogP contribution in [0.1, 0.15) is 65.2 Å². The monoisotopic (exact) mass is 791 g/mol. The SMILES string of the molecule is CCOCCn1c(NC2CCN(C3CCN(C(=O)c4cc(C(F)(F)F)cc(C(F)(F)F)c4)[C@@H](Cc4ccccc4)C3)C(Cc3ccccc3)C2)nc2ccccc21. The van der Waals surface area contributed by atoms with Crippen molar-refractivity contribution >= 4 is 22.9 Å². The second-order valence-corrected chi connectivity index (χ2v) is 15.0. The largest absolute Gasteiger partial charge is 0.416 e. The number of imidazole rings is 1. The van der Waals surface area contributed by atoms with Crippen molar-refractivity contribution in [3.05, 3.63) is 131 Å². The van der Waals surface area contributed by atoms with Crippen LogP contribution in [-0.2, 0) is 36.5 Å². The number of amides is 1. The molecule has 13 heteroatoms. The Kier molecular flexibility index (Phi) is 12.2. The van der Waals surface area contributed by atoms with Crippen LogP contribution in [0.2, 0.25) is 0 Å². The van der Waals surface area contributed by atoms with Crippen LogP contribution in [0.15, 0.2) is 103 Å². The molecule has 7 rings (SSSR count). The molecule has 57 heavy (non-hydrogen) atoms. The molecule has 0 aliphatic carbocycles. The molecule has 2 saturated heterocycles. The number of halogens is 6. The van der Waals surface area contributed by atoms with Crippen LogP contribution in [0.5, 0.6) is 0 Å². The van der Waals surface area contributed by atoms with Crippen LogP contribution in [0.3, 0.4) is 0 Å². The van der Waals surface area contributed by atoms with Gasteiger partial charge in [-0.25, -0.2) is 4.98 Å². The molecule has 0 spiro atoms. The van der Waals surface area contributed by atoms with Gasteiger partial charge in [-0.1, -0.05) is 72.8 Å². The number of ether oxygens (including phenoxy) is 1. The van der Waals surface area contributed by atoms with E-state index in [4.69, 9.17) is 9.72 Å². The van der Waals surface area contributed by atoms with Crippen molar-refractivity contribution < 1.29 is 35.9 Å². The van der Waals surface area contributed by atoms with Gasteiger partial charge in [0.2, 0.25) is 5.95 Å². The summed E-state index contributed by atoms with van der Waals surface area (Å²) in [6.45, 7) is 4.76. The van der Waals surface area contributed by atoms with Crippen molar-refractivity contribution in [2.75, 3.05) is 31.6 Å². The van der Waals surface area contributed by atoms with Crippen molar-refractivity contribution in [1.29, 1.82) is 0 Å². The quantitative estimate of drug-likeness (QED) is 0.101. The maximum atomic E-state index is 14.1. The summed E-state index contributed by atoms with van der Waals surface area (Å²) in [5.41, 5.74) is 0.437. The molecule has 302 valence electrons. The Bertz CT molecular complexity index is 2070. The van der Waals surface area contributed by atoms with Gasteiger partial charge in [0.1, 0.15) is 0 Å². The van der Waals surface area contributed by atoms with Crippen LogP contribution >= 0.6 is 0 Å². The number of benzene rings is 4. The summed E-state index contributed by atoms with van der Waals surface area (Å²) < 4.78 is 90.8. The first kappa shape index (κ1) is 40.3. The van der Waals surface area contributed by atoms with E-state index in [0.717, 1.165) is 48.4 Å². The van der Waals surface area contributed by atoms with E-state index < -0.39 is 41.0 Å². The number of hydrogen-bond donors (Lipinski definition) is 1. The second-order valence-electron chi connectivity index (χ2n) is 15.0. The number of nitrogens with zero attached hydrogens (tertiary/aromatic N) is 4. The summed E-state index contributed by atoms with van der Waals surface area (Å²) >= 11 is 0. The zero-order valence-corrected chi connectivity index (χ0v) is 31.8. The zero-order valence-electron chi connectivity index (χ0n) is 31.8. The van der Waals surface area contributed by atoms with E-state index in [9.17, 15) is 31.1 Å². The summed E-state index contributed by atoms with van der Waals surface area (Å²) in [4.78, 5) is 23.1. The topological polar surface area (TPSA) is 62.6 Å². The molecule has 3 unspecified atom stereocenters. The number of carbonyl (C=O) groups is 1. The highest BCUT2D eigenvalue weighted by molar-refractivity contribution is 5.95. The predicted molar refractivity (Wildman–Crippen MR) is 208 cm³/mol. The predicted octanol–water partition coefficient (Wildman–Crippen LogP) is 9.51. The van der Waals surface area contributed by atoms with Crippen molar-refractivity contribution in [2.45, 2.75) is 88.5 Å². The van der Waals surface area contributed by atoms with Gasteiger partial charge in [-0.2, -0.15) is 26.3 Å². The van der Waals surface area contributed by atoms with Gasteiger partial charge in [0.05, 0.1) is 28.8 Å². The number of para-hydroxylation sites is 2. The third kappa shape index (κ3) is 9.64. The fraction of sp³-hybridized carbons (Fsp3) is 0.409. The summed E-state index contributed by atoms with van der Waals surface area (Å²) in [5, 5.41) is 3.77. The number of hydrogen-bond acceptors (Lipinski definition) is 5. The van der Waals surface area contributed by atoms with E-state index in [1.54, 1.807) is 0 Å². The van der Waals surface area contributed by atoms with Crippen LogP contribution in [0.25, 0.3) is 11.0 Å². The lowest BCUT2D eigenvalue weighted by atomic mass is 9.85. The Morgan fingerprint density at radius 1 is 0.772 bits per heavy atom. The van der Waals surface area contributed by atoms with Gasteiger partial charge in [0.15, 0.2) is 0 Å². The molecule has 1 aromatic heterocycles. The molecule has 0 radical (unpaired) electrons. The highest BCUT2D eigenvalue weighted by Crippen LogP contribution is 2.38. The zero-order chi connectivity index (χ0) is 40.2. The molecular formula is C44H47F6N5O2. The second kappa shape index (κ2) is 17.3. The van der Waals surface area contributed by atoms with Crippen molar-refractivity contribution in [3.8, 4) is 0 Å². The van der Waals surface area contributed by atoms with Crippen molar-refractivity contribution in [1.82, 2.24) is 19.4 Å². The summed E-state index contributed by atoms with van der Waals surface area (Å²) in [7, 11) is 0. The van der Waals surface area contributed by atoms with Crippen molar-refractivity contribution in [3.63, 3.8) is 0 Å². The number of carbonyl (C=O) groups excluding carboxylic acids is 1. The first-order chi connectivity index (χ1) is 27.4. The Hall–Kier alpha value is -4.88.